The first kappa shape index (κ1) is 23.1. The molecule has 4 N–H and O–H groups in total. The van der Waals surface area contributed by atoms with Crippen LogP contribution in [0.4, 0.5) is 37.8 Å². The van der Waals surface area contributed by atoms with Gasteiger partial charge in [0.15, 0.2) is 5.69 Å². The van der Waals surface area contributed by atoms with Crippen molar-refractivity contribution in [3.8, 4) is 11.6 Å². The number of nitrogens with zero attached hydrogens (tertiary/aromatic N) is 3. The number of rotatable bonds is 0. The number of aromatic nitrogens is 3. The van der Waals surface area contributed by atoms with E-state index in [1.54, 1.807) is 13.8 Å². The lowest BCUT2D eigenvalue weighted by Gasteiger charge is -2.30. The molecule has 0 saturated heterocycles. The number of alkyl halides is 6. The Bertz CT molecular complexity index is 959. The van der Waals surface area contributed by atoms with Crippen molar-refractivity contribution in [3.63, 3.8) is 0 Å². The van der Waals surface area contributed by atoms with Gasteiger partial charge in [-0.05, 0) is 32.8 Å². The summed E-state index contributed by atoms with van der Waals surface area (Å²) < 4.78 is 91.1. The largest absolute Gasteiger partial charge is 0.428 e. The summed E-state index contributed by atoms with van der Waals surface area (Å²) in [6, 6.07) is 0.579. The molecule has 0 unspecified atom stereocenters. The average Bonchev–Trinajstić information content (AvgIpc) is 3.09. The number of hydrogen-bond donors (Lipinski definition) is 3. The molecule has 172 valence electrons. The number of anilines is 2. The van der Waals surface area contributed by atoms with Crippen LogP contribution in [0.3, 0.4) is 0 Å². The van der Waals surface area contributed by atoms with Gasteiger partial charge in [-0.15, -0.1) is 10.2 Å². The predicted octanol–water partition coefficient (Wildman–Crippen LogP) is 3.48. The van der Waals surface area contributed by atoms with Gasteiger partial charge in [0.25, 0.3) is 17.4 Å². The molecule has 2 aromatic heterocycles. The average molecular weight is 455 g/mol. The Kier molecular flexibility index (Phi) is 5.59. The third-order valence-electron chi connectivity index (χ3n) is 4.67. The van der Waals surface area contributed by atoms with Crippen LogP contribution in [0.15, 0.2) is 10.5 Å². The van der Waals surface area contributed by atoms with Crippen LogP contribution in [0.25, 0.3) is 11.6 Å². The molecule has 1 aliphatic rings. The van der Waals surface area contributed by atoms with Crippen molar-refractivity contribution in [1.29, 1.82) is 0 Å². The smallest absolute Gasteiger partial charge is 0.415 e. The minimum Gasteiger partial charge on any atom is -0.415 e. The van der Waals surface area contributed by atoms with Gasteiger partial charge in [-0.3, -0.25) is 0 Å². The third-order valence-corrected chi connectivity index (χ3v) is 4.67. The monoisotopic (exact) mass is 455 g/mol. The van der Waals surface area contributed by atoms with Gasteiger partial charge < -0.3 is 25.3 Å². The van der Waals surface area contributed by atoms with E-state index >= 15 is 0 Å². The summed E-state index contributed by atoms with van der Waals surface area (Å²) in [5.41, 5.74) is -1.10. The van der Waals surface area contributed by atoms with E-state index in [-0.39, 0.29) is 19.4 Å². The molecule has 0 fully saturated rings. The number of ether oxygens (including phenoxy) is 1. The lowest BCUT2D eigenvalue weighted by atomic mass is 9.98. The Labute approximate surface area is 171 Å². The lowest BCUT2D eigenvalue weighted by Crippen LogP contribution is -2.46. The van der Waals surface area contributed by atoms with Crippen LogP contribution < -0.4 is 11.1 Å². The summed E-state index contributed by atoms with van der Waals surface area (Å²) in [5.74, 6) is -2.55. The van der Waals surface area contributed by atoms with Crippen LogP contribution in [-0.2, 0) is 16.5 Å². The van der Waals surface area contributed by atoms with Crippen LogP contribution >= 0.6 is 0 Å². The first-order valence-corrected chi connectivity index (χ1v) is 9.01. The molecular formula is C17H19F6N5O3. The molecule has 0 aromatic carbocycles. The Balaban J connectivity index is 2.21. The van der Waals surface area contributed by atoms with Crippen LogP contribution in [-0.4, -0.2) is 45.2 Å². The Morgan fingerprint density at radius 1 is 1.16 bits per heavy atom. The topological polar surface area (TPSA) is 119 Å². The fourth-order valence-corrected chi connectivity index (χ4v) is 2.98. The van der Waals surface area contributed by atoms with Gasteiger partial charge in [0.2, 0.25) is 0 Å². The van der Waals surface area contributed by atoms with Crippen LogP contribution in [0, 0.1) is 0 Å². The summed E-state index contributed by atoms with van der Waals surface area (Å²) in [4.78, 5) is 3.83. The van der Waals surface area contributed by atoms with Gasteiger partial charge in [0, 0.05) is 12.1 Å². The number of aliphatic hydroxyl groups is 1. The Hall–Kier alpha value is -2.61. The highest BCUT2D eigenvalue weighted by molar-refractivity contribution is 5.71. The molecule has 2 aromatic rings. The predicted molar refractivity (Wildman–Crippen MR) is 94.6 cm³/mol. The maximum absolute atomic E-state index is 13.5. The molecule has 1 aliphatic heterocycles. The van der Waals surface area contributed by atoms with E-state index in [4.69, 9.17) is 14.9 Å². The van der Waals surface area contributed by atoms with Crippen molar-refractivity contribution in [1.82, 2.24) is 15.2 Å². The third kappa shape index (κ3) is 4.54. The zero-order valence-corrected chi connectivity index (χ0v) is 16.4. The molecule has 3 heterocycles. The highest BCUT2D eigenvalue weighted by Crippen LogP contribution is 2.42. The number of halogens is 6. The normalized spacial score (nSPS) is 22.5. The summed E-state index contributed by atoms with van der Waals surface area (Å²) >= 11 is 0. The Morgan fingerprint density at radius 3 is 2.45 bits per heavy atom. The number of nitrogen functional groups attached to an aromatic ring is 1. The molecule has 1 atom stereocenters. The van der Waals surface area contributed by atoms with Gasteiger partial charge in [-0.2, -0.15) is 26.3 Å². The van der Waals surface area contributed by atoms with E-state index in [0.29, 0.717) is 6.07 Å². The van der Waals surface area contributed by atoms with Gasteiger partial charge in [0.1, 0.15) is 5.82 Å². The second-order valence-corrected chi connectivity index (χ2v) is 7.76. The molecule has 3 rings (SSSR count). The fraction of sp³-hybridized carbons (Fsp3) is 0.588. The molecule has 0 amide bonds. The van der Waals surface area contributed by atoms with Gasteiger partial charge in [-0.25, -0.2) is 4.98 Å². The summed E-state index contributed by atoms with van der Waals surface area (Å²) in [6.45, 7) is 1.76. The molecule has 8 nitrogen and oxygen atoms in total. The zero-order valence-electron chi connectivity index (χ0n) is 16.4. The summed E-state index contributed by atoms with van der Waals surface area (Å²) in [6.07, 6.45) is -9.66. The van der Waals surface area contributed by atoms with Crippen molar-refractivity contribution in [2.24, 2.45) is 0 Å². The standard InChI is InChI=1S/C17H19F6N5O3/c1-14(2)4-3-5-30-7-15(29,17(21,22)23)13-28-27-12(31-13)10-9(24)6-8(16(18,19)20)11(25-10)26-14/h6,29H,3-5,7,24H2,1-2H3,(H,25,26)/t15-/m1/s1. The minimum absolute atomic E-state index is 0.173. The highest BCUT2D eigenvalue weighted by Gasteiger charge is 2.59. The number of hydrogen-bond acceptors (Lipinski definition) is 8. The molecule has 0 saturated carbocycles. The molecule has 14 heteroatoms. The second kappa shape index (κ2) is 7.51. The zero-order chi connectivity index (χ0) is 23.2. The molecule has 0 spiro atoms. The SMILES string of the molecule is CC1(C)CCCOC[C@](O)(C(F)(F)F)c2nnc(o2)-c2nc(c(C(F)(F)F)cc2N)N1. The Morgan fingerprint density at radius 2 is 1.84 bits per heavy atom. The number of nitrogens with one attached hydrogen (secondary N) is 1. The van der Waals surface area contributed by atoms with E-state index < -0.39 is 64.6 Å². The maximum atomic E-state index is 13.5. The number of nitrogens with two attached hydrogens (primary N) is 1. The molecule has 31 heavy (non-hydrogen) atoms. The van der Waals surface area contributed by atoms with E-state index in [1.165, 1.54) is 0 Å². The number of pyridine rings is 1. The van der Waals surface area contributed by atoms with E-state index in [2.05, 4.69) is 20.5 Å². The second-order valence-electron chi connectivity index (χ2n) is 7.76. The van der Waals surface area contributed by atoms with E-state index in [1.807, 2.05) is 0 Å². The van der Waals surface area contributed by atoms with Crippen LogP contribution in [0.5, 0.6) is 0 Å². The highest BCUT2D eigenvalue weighted by atomic mass is 19.4. The van der Waals surface area contributed by atoms with Crippen molar-refractivity contribution < 1.29 is 40.6 Å². The van der Waals surface area contributed by atoms with Gasteiger partial charge in [0.05, 0.1) is 17.9 Å². The van der Waals surface area contributed by atoms with Crippen molar-refractivity contribution in [2.75, 3.05) is 24.3 Å². The van der Waals surface area contributed by atoms with Crippen LogP contribution in [0.2, 0.25) is 0 Å². The fourth-order valence-electron chi connectivity index (χ4n) is 2.98. The van der Waals surface area contributed by atoms with Crippen molar-refractivity contribution in [2.45, 2.75) is 50.2 Å². The van der Waals surface area contributed by atoms with Gasteiger partial charge >= 0.3 is 12.4 Å². The van der Waals surface area contributed by atoms with Crippen LogP contribution in [0.1, 0.15) is 38.1 Å². The van der Waals surface area contributed by atoms with Gasteiger partial charge in [-0.1, -0.05) is 0 Å². The quantitative estimate of drug-likeness (QED) is 0.517. The minimum atomic E-state index is -5.24. The molecule has 0 aliphatic carbocycles. The lowest BCUT2D eigenvalue weighted by molar-refractivity contribution is -0.289. The molecular weight excluding hydrogens is 436 g/mol. The van der Waals surface area contributed by atoms with Crippen molar-refractivity contribution in [3.05, 3.63) is 17.5 Å². The summed E-state index contributed by atoms with van der Waals surface area (Å²) in [5, 5.41) is 19.5. The van der Waals surface area contributed by atoms with E-state index in [0.717, 1.165) is 0 Å². The maximum Gasteiger partial charge on any atom is 0.428 e. The molecule has 0 radical (unpaired) electrons. The molecule has 4 bridgehead atoms. The summed E-state index contributed by atoms with van der Waals surface area (Å²) in [7, 11) is 0. The first-order chi connectivity index (χ1) is 14.1. The first-order valence-electron chi connectivity index (χ1n) is 9.01. The number of fused-ring (bicyclic) bond motifs is 5. The van der Waals surface area contributed by atoms with Crippen molar-refractivity contribution >= 4 is 11.5 Å². The van der Waals surface area contributed by atoms with E-state index in [9.17, 15) is 31.4 Å².